The number of rotatable bonds is 5. The topological polar surface area (TPSA) is 49.4 Å². The van der Waals surface area contributed by atoms with Crippen LogP contribution in [0.15, 0.2) is 60.7 Å². The summed E-state index contributed by atoms with van der Waals surface area (Å²) in [6, 6.07) is 19.4. The van der Waals surface area contributed by atoms with Crippen molar-refractivity contribution in [2.24, 2.45) is 0 Å². The molecule has 4 nitrogen and oxygen atoms in total. The van der Waals surface area contributed by atoms with Crippen molar-refractivity contribution in [2.75, 3.05) is 6.54 Å². The van der Waals surface area contributed by atoms with Crippen molar-refractivity contribution in [3.8, 4) is 0 Å². The monoisotopic (exact) mass is 308 g/mol. The molecule has 4 heteroatoms. The highest BCUT2D eigenvalue weighted by molar-refractivity contribution is 5.94. The second-order valence-corrected chi connectivity index (χ2v) is 5.82. The van der Waals surface area contributed by atoms with E-state index in [2.05, 4.69) is 5.32 Å². The maximum atomic E-state index is 12.6. The minimum absolute atomic E-state index is 0.00406. The van der Waals surface area contributed by atoms with Crippen LogP contribution in [-0.2, 0) is 22.6 Å². The van der Waals surface area contributed by atoms with Gasteiger partial charge in [0.05, 0.1) is 6.54 Å². The van der Waals surface area contributed by atoms with E-state index in [-0.39, 0.29) is 18.4 Å². The Morgan fingerprint density at radius 2 is 1.52 bits per heavy atom. The number of amides is 2. The Morgan fingerprint density at radius 1 is 0.913 bits per heavy atom. The molecule has 0 bridgehead atoms. The van der Waals surface area contributed by atoms with Crippen LogP contribution in [0, 0.1) is 0 Å². The van der Waals surface area contributed by atoms with Crippen LogP contribution in [0.4, 0.5) is 0 Å². The molecule has 0 aromatic heterocycles. The Morgan fingerprint density at radius 3 is 2.17 bits per heavy atom. The molecule has 0 saturated carbocycles. The highest BCUT2D eigenvalue weighted by Crippen LogP contribution is 2.13. The zero-order valence-corrected chi connectivity index (χ0v) is 12.9. The molecule has 0 unspecified atom stereocenters. The Labute approximate surface area is 136 Å². The third-order valence-electron chi connectivity index (χ3n) is 4.06. The normalized spacial score (nSPS) is 17.9. The predicted molar refractivity (Wildman–Crippen MR) is 88.6 cm³/mol. The summed E-state index contributed by atoms with van der Waals surface area (Å²) in [5.74, 6) is -0.0806. The van der Waals surface area contributed by atoms with Gasteiger partial charge in [0.2, 0.25) is 11.8 Å². The molecule has 2 aromatic carbocycles. The Balaban J connectivity index is 1.64. The fourth-order valence-electron chi connectivity index (χ4n) is 2.86. The van der Waals surface area contributed by atoms with Gasteiger partial charge in [0.1, 0.15) is 6.04 Å². The highest BCUT2D eigenvalue weighted by atomic mass is 16.2. The number of carbonyl (C=O) groups excluding carboxylic acids is 2. The van der Waals surface area contributed by atoms with Crippen LogP contribution >= 0.6 is 0 Å². The van der Waals surface area contributed by atoms with Crippen LogP contribution < -0.4 is 5.32 Å². The molecule has 1 N–H and O–H groups in total. The lowest BCUT2D eigenvalue weighted by Crippen LogP contribution is -2.57. The third-order valence-corrected chi connectivity index (χ3v) is 4.06. The molecular formula is C19H20N2O2. The van der Waals surface area contributed by atoms with Crippen molar-refractivity contribution >= 4 is 11.8 Å². The van der Waals surface area contributed by atoms with E-state index >= 15 is 0 Å². The molecule has 2 aromatic rings. The zero-order chi connectivity index (χ0) is 16.1. The Kier molecular flexibility index (Phi) is 4.71. The van der Waals surface area contributed by atoms with Crippen LogP contribution in [0.25, 0.3) is 0 Å². The summed E-state index contributed by atoms with van der Waals surface area (Å²) in [5.41, 5.74) is 2.21. The van der Waals surface area contributed by atoms with E-state index < -0.39 is 6.04 Å². The molecule has 0 radical (unpaired) electrons. The summed E-state index contributed by atoms with van der Waals surface area (Å²) in [7, 11) is 0. The first-order valence-corrected chi connectivity index (χ1v) is 7.88. The Bertz CT molecular complexity index is 670. The highest BCUT2D eigenvalue weighted by Gasteiger charge is 2.32. The van der Waals surface area contributed by atoms with Gasteiger partial charge in [-0.3, -0.25) is 9.59 Å². The van der Waals surface area contributed by atoms with Gasteiger partial charge in [0, 0.05) is 6.54 Å². The summed E-state index contributed by atoms with van der Waals surface area (Å²) < 4.78 is 0. The summed E-state index contributed by atoms with van der Waals surface area (Å²) >= 11 is 0. The largest absolute Gasteiger partial charge is 0.343 e. The van der Waals surface area contributed by atoms with Crippen molar-refractivity contribution in [2.45, 2.75) is 25.4 Å². The summed E-state index contributed by atoms with van der Waals surface area (Å²) in [4.78, 5) is 26.2. The van der Waals surface area contributed by atoms with Crippen molar-refractivity contribution in [3.63, 3.8) is 0 Å². The molecule has 23 heavy (non-hydrogen) atoms. The summed E-state index contributed by atoms with van der Waals surface area (Å²) in [5, 5.41) is 2.82. The molecule has 1 aliphatic heterocycles. The molecule has 1 aliphatic rings. The molecular weight excluding hydrogens is 288 g/mol. The maximum absolute atomic E-state index is 12.6. The van der Waals surface area contributed by atoms with Crippen LogP contribution in [0.5, 0.6) is 0 Å². The van der Waals surface area contributed by atoms with E-state index in [1.165, 1.54) is 5.56 Å². The van der Waals surface area contributed by atoms with Gasteiger partial charge in [-0.05, 0) is 24.0 Å². The maximum Gasteiger partial charge on any atom is 0.245 e. The van der Waals surface area contributed by atoms with Crippen molar-refractivity contribution in [1.82, 2.24) is 10.2 Å². The minimum atomic E-state index is -0.430. The number of hydrogen-bond donors (Lipinski definition) is 1. The summed E-state index contributed by atoms with van der Waals surface area (Å²) in [6.45, 7) is 0.616. The second kappa shape index (κ2) is 7.09. The Hall–Kier alpha value is -2.62. The predicted octanol–water partition coefficient (Wildman–Crippen LogP) is 2.15. The molecule has 1 fully saturated rings. The van der Waals surface area contributed by atoms with Gasteiger partial charge in [-0.1, -0.05) is 60.7 Å². The number of nitrogens with zero attached hydrogens (tertiary/aromatic N) is 1. The molecule has 0 spiro atoms. The minimum Gasteiger partial charge on any atom is -0.343 e. The molecule has 118 valence electrons. The van der Waals surface area contributed by atoms with Gasteiger partial charge in [0.15, 0.2) is 0 Å². The quantitative estimate of drug-likeness (QED) is 0.920. The van der Waals surface area contributed by atoms with E-state index in [4.69, 9.17) is 0 Å². The van der Waals surface area contributed by atoms with E-state index in [9.17, 15) is 9.59 Å². The van der Waals surface area contributed by atoms with E-state index in [1.54, 1.807) is 4.90 Å². The molecule has 3 rings (SSSR count). The number of hydrogen-bond acceptors (Lipinski definition) is 2. The molecule has 1 heterocycles. The van der Waals surface area contributed by atoms with Gasteiger partial charge in [-0.2, -0.15) is 0 Å². The number of aryl methyl sites for hydroxylation is 1. The van der Waals surface area contributed by atoms with Gasteiger partial charge in [-0.25, -0.2) is 0 Å². The number of piperazine rings is 1. The fourth-order valence-corrected chi connectivity index (χ4v) is 2.86. The lowest BCUT2D eigenvalue weighted by molar-refractivity contribution is -0.145. The van der Waals surface area contributed by atoms with Gasteiger partial charge >= 0.3 is 0 Å². The number of carbonyl (C=O) groups is 2. The molecule has 1 atom stereocenters. The molecule has 2 amide bonds. The summed E-state index contributed by atoms with van der Waals surface area (Å²) in [6.07, 6.45) is 1.40. The first-order valence-electron chi connectivity index (χ1n) is 7.88. The van der Waals surface area contributed by atoms with Crippen LogP contribution in [0.1, 0.15) is 17.5 Å². The first-order chi connectivity index (χ1) is 11.2. The fraction of sp³-hybridized carbons (Fsp3) is 0.263. The lowest BCUT2D eigenvalue weighted by Gasteiger charge is -2.32. The van der Waals surface area contributed by atoms with Gasteiger partial charge < -0.3 is 10.2 Å². The second-order valence-electron chi connectivity index (χ2n) is 5.82. The molecule has 1 saturated heterocycles. The zero-order valence-electron chi connectivity index (χ0n) is 12.9. The van der Waals surface area contributed by atoms with Crippen LogP contribution in [0.2, 0.25) is 0 Å². The SMILES string of the molecule is O=C1CN(Cc2ccccc2)C(=O)[C@@H](CCc2ccccc2)N1. The number of benzene rings is 2. The average Bonchev–Trinajstić information content (AvgIpc) is 2.58. The van der Waals surface area contributed by atoms with Crippen LogP contribution in [-0.4, -0.2) is 29.3 Å². The third kappa shape index (κ3) is 3.97. The van der Waals surface area contributed by atoms with E-state index in [0.717, 1.165) is 12.0 Å². The smallest absolute Gasteiger partial charge is 0.245 e. The van der Waals surface area contributed by atoms with Gasteiger partial charge in [-0.15, -0.1) is 0 Å². The standard InChI is InChI=1S/C19H20N2O2/c22-18-14-21(13-16-9-5-2-6-10-16)19(23)17(20-18)12-11-15-7-3-1-4-8-15/h1-10,17H,11-14H2,(H,20,22)/t17-/m1/s1. The average molecular weight is 308 g/mol. The molecule has 0 aliphatic carbocycles. The van der Waals surface area contributed by atoms with Crippen molar-refractivity contribution in [3.05, 3.63) is 71.8 Å². The van der Waals surface area contributed by atoms with Crippen LogP contribution in [0.3, 0.4) is 0 Å². The first kappa shape index (κ1) is 15.3. The van der Waals surface area contributed by atoms with Crippen molar-refractivity contribution < 1.29 is 9.59 Å². The van der Waals surface area contributed by atoms with E-state index in [1.807, 2.05) is 60.7 Å². The van der Waals surface area contributed by atoms with Crippen molar-refractivity contribution in [1.29, 1.82) is 0 Å². The van der Waals surface area contributed by atoms with E-state index in [0.29, 0.717) is 13.0 Å². The lowest BCUT2D eigenvalue weighted by atomic mass is 10.0. The number of nitrogens with one attached hydrogen (secondary N) is 1. The van der Waals surface area contributed by atoms with Gasteiger partial charge in [0.25, 0.3) is 0 Å².